The Morgan fingerprint density at radius 1 is 1.53 bits per heavy atom. The van der Waals surface area contributed by atoms with Crippen LogP contribution in [0, 0.1) is 5.92 Å². The van der Waals surface area contributed by atoms with Gasteiger partial charge < -0.3 is 10.1 Å². The van der Waals surface area contributed by atoms with Crippen molar-refractivity contribution in [1.29, 1.82) is 0 Å². The van der Waals surface area contributed by atoms with Gasteiger partial charge in [0, 0.05) is 11.8 Å². The molecule has 1 heterocycles. The zero-order valence-electron chi connectivity index (χ0n) is 9.98. The quantitative estimate of drug-likeness (QED) is 0.755. The van der Waals surface area contributed by atoms with E-state index in [9.17, 15) is 4.79 Å². The van der Waals surface area contributed by atoms with Gasteiger partial charge in [0.25, 0.3) is 0 Å². The van der Waals surface area contributed by atoms with Gasteiger partial charge in [-0.15, -0.1) is 0 Å². The van der Waals surface area contributed by atoms with E-state index in [0.29, 0.717) is 12.4 Å². The van der Waals surface area contributed by atoms with Gasteiger partial charge >= 0.3 is 5.97 Å². The van der Waals surface area contributed by atoms with Crippen LogP contribution in [0.1, 0.15) is 25.5 Å². The Balaban J connectivity index is 1.84. The van der Waals surface area contributed by atoms with Crippen molar-refractivity contribution in [2.24, 2.45) is 5.92 Å². The van der Waals surface area contributed by atoms with E-state index in [1.54, 1.807) is 6.92 Å². The lowest BCUT2D eigenvalue weighted by Gasteiger charge is -2.06. The number of carbonyl (C=O) groups excluding carboxylic acids is 1. The zero-order valence-corrected chi connectivity index (χ0v) is 9.98. The van der Waals surface area contributed by atoms with Crippen molar-refractivity contribution in [3.05, 3.63) is 18.1 Å². The Morgan fingerprint density at radius 3 is 3.06 bits per heavy atom. The van der Waals surface area contributed by atoms with Crippen LogP contribution in [0.3, 0.4) is 0 Å². The summed E-state index contributed by atoms with van der Waals surface area (Å²) in [7, 11) is 0. The molecule has 92 valence electrons. The van der Waals surface area contributed by atoms with Crippen molar-refractivity contribution in [2.75, 3.05) is 18.5 Å². The molecule has 17 heavy (non-hydrogen) atoms. The SMILES string of the molecule is CCOC(=O)CNc1cc(CC2CC2)ncn1. The molecule has 1 saturated carbocycles. The maximum atomic E-state index is 11.2. The number of rotatable bonds is 6. The number of hydrogen-bond acceptors (Lipinski definition) is 5. The van der Waals surface area contributed by atoms with Gasteiger partial charge in [-0.25, -0.2) is 9.97 Å². The van der Waals surface area contributed by atoms with Crippen molar-refractivity contribution in [3.63, 3.8) is 0 Å². The number of ether oxygens (including phenoxy) is 1. The Bertz CT molecular complexity index is 391. The lowest BCUT2D eigenvalue weighted by Crippen LogP contribution is -2.17. The molecule has 1 aromatic rings. The molecule has 5 heteroatoms. The van der Waals surface area contributed by atoms with Crippen LogP contribution >= 0.6 is 0 Å². The molecule has 1 aromatic heterocycles. The predicted molar refractivity (Wildman–Crippen MR) is 63.6 cm³/mol. The van der Waals surface area contributed by atoms with E-state index in [1.165, 1.54) is 19.2 Å². The van der Waals surface area contributed by atoms with Crippen molar-refractivity contribution >= 4 is 11.8 Å². The molecule has 1 fully saturated rings. The van der Waals surface area contributed by atoms with Crippen LogP contribution in [-0.2, 0) is 16.0 Å². The highest BCUT2D eigenvalue weighted by Crippen LogP contribution is 2.32. The summed E-state index contributed by atoms with van der Waals surface area (Å²) in [6.45, 7) is 2.33. The monoisotopic (exact) mass is 235 g/mol. The number of nitrogens with one attached hydrogen (secondary N) is 1. The van der Waals surface area contributed by atoms with Crippen LogP contribution in [0.25, 0.3) is 0 Å². The molecule has 0 amide bonds. The van der Waals surface area contributed by atoms with E-state index in [1.807, 2.05) is 6.07 Å². The lowest BCUT2D eigenvalue weighted by atomic mass is 10.2. The first-order chi connectivity index (χ1) is 8.28. The molecule has 0 radical (unpaired) electrons. The van der Waals surface area contributed by atoms with E-state index in [0.717, 1.165) is 18.0 Å². The number of esters is 1. The van der Waals surface area contributed by atoms with Crippen LogP contribution < -0.4 is 5.32 Å². The van der Waals surface area contributed by atoms with E-state index in [2.05, 4.69) is 15.3 Å². The molecule has 0 unspecified atom stereocenters. The third kappa shape index (κ3) is 4.01. The summed E-state index contributed by atoms with van der Waals surface area (Å²) in [6, 6.07) is 1.90. The number of carbonyl (C=O) groups is 1. The van der Waals surface area contributed by atoms with Crippen molar-refractivity contribution in [2.45, 2.75) is 26.2 Å². The largest absolute Gasteiger partial charge is 0.465 e. The molecule has 0 saturated heterocycles. The molecule has 1 aliphatic rings. The average molecular weight is 235 g/mol. The normalized spacial score (nSPS) is 14.4. The smallest absolute Gasteiger partial charge is 0.325 e. The maximum absolute atomic E-state index is 11.2. The number of aromatic nitrogens is 2. The second-order valence-corrected chi connectivity index (χ2v) is 4.20. The minimum Gasteiger partial charge on any atom is -0.465 e. The van der Waals surface area contributed by atoms with Gasteiger partial charge in [0.05, 0.1) is 6.61 Å². The Kier molecular flexibility index (Phi) is 3.90. The minimum absolute atomic E-state index is 0.147. The molecule has 0 aliphatic heterocycles. The van der Waals surface area contributed by atoms with Gasteiger partial charge in [-0.05, 0) is 32.1 Å². The number of nitrogens with zero attached hydrogens (tertiary/aromatic N) is 2. The van der Waals surface area contributed by atoms with Gasteiger partial charge in [0.1, 0.15) is 18.7 Å². The topological polar surface area (TPSA) is 64.1 Å². The summed E-state index contributed by atoms with van der Waals surface area (Å²) in [4.78, 5) is 19.4. The van der Waals surface area contributed by atoms with Crippen LogP contribution in [-0.4, -0.2) is 29.1 Å². The molecule has 0 atom stereocenters. The fraction of sp³-hybridized carbons (Fsp3) is 0.583. The summed E-state index contributed by atoms with van der Waals surface area (Å²) in [5, 5.41) is 2.94. The van der Waals surface area contributed by atoms with Gasteiger partial charge in [0.15, 0.2) is 0 Å². The first kappa shape index (κ1) is 11.8. The van der Waals surface area contributed by atoms with Crippen LogP contribution in [0.2, 0.25) is 0 Å². The second kappa shape index (κ2) is 5.61. The molecular weight excluding hydrogens is 218 g/mol. The highest BCUT2D eigenvalue weighted by molar-refractivity contribution is 5.74. The summed E-state index contributed by atoms with van der Waals surface area (Å²) < 4.78 is 4.82. The Hall–Kier alpha value is -1.65. The first-order valence-corrected chi connectivity index (χ1v) is 5.98. The average Bonchev–Trinajstić information content (AvgIpc) is 3.11. The van der Waals surface area contributed by atoms with Crippen LogP contribution in [0.15, 0.2) is 12.4 Å². The highest BCUT2D eigenvalue weighted by Gasteiger charge is 2.22. The first-order valence-electron chi connectivity index (χ1n) is 5.98. The highest BCUT2D eigenvalue weighted by atomic mass is 16.5. The van der Waals surface area contributed by atoms with E-state index >= 15 is 0 Å². The Morgan fingerprint density at radius 2 is 2.35 bits per heavy atom. The van der Waals surface area contributed by atoms with Crippen molar-refractivity contribution < 1.29 is 9.53 Å². The van der Waals surface area contributed by atoms with Crippen LogP contribution in [0.5, 0.6) is 0 Å². The Labute approximate surface area is 101 Å². The standard InChI is InChI=1S/C12H17N3O2/c1-2-17-12(16)7-13-11-6-10(14-8-15-11)5-9-3-4-9/h6,8-9H,2-5,7H2,1H3,(H,13,14,15). The fourth-order valence-corrected chi connectivity index (χ4v) is 1.60. The van der Waals surface area contributed by atoms with Gasteiger partial charge in [-0.2, -0.15) is 0 Å². The maximum Gasteiger partial charge on any atom is 0.325 e. The second-order valence-electron chi connectivity index (χ2n) is 4.20. The van der Waals surface area contributed by atoms with E-state index < -0.39 is 0 Å². The molecule has 1 N–H and O–H groups in total. The summed E-state index contributed by atoms with van der Waals surface area (Å²) >= 11 is 0. The van der Waals surface area contributed by atoms with E-state index in [-0.39, 0.29) is 12.5 Å². The van der Waals surface area contributed by atoms with Gasteiger partial charge in [0.2, 0.25) is 0 Å². The molecular formula is C12H17N3O2. The van der Waals surface area contributed by atoms with E-state index in [4.69, 9.17) is 4.74 Å². The molecule has 1 aliphatic carbocycles. The van der Waals surface area contributed by atoms with Gasteiger partial charge in [-0.3, -0.25) is 4.79 Å². The molecule has 5 nitrogen and oxygen atoms in total. The third-order valence-electron chi connectivity index (χ3n) is 2.64. The molecule has 2 rings (SSSR count). The molecule has 0 aromatic carbocycles. The molecule has 0 bridgehead atoms. The molecule has 0 spiro atoms. The zero-order chi connectivity index (χ0) is 12.1. The summed E-state index contributed by atoms with van der Waals surface area (Å²) in [6.07, 6.45) is 5.15. The van der Waals surface area contributed by atoms with Crippen molar-refractivity contribution in [3.8, 4) is 0 Å². The summed E-state index contributed by atoms with van der Waals surface area (Å²) in [5.74, 6) is 1.21. The predicted octanol–water partition coefficient (Wildman–Crippen LogP) is 1.40. The van der Waals surface area contributed by atoms with Crippen LogP contribution in [0.4, 0.5) is 5.82 Å². The lowest BCUT2D eigenvalue weighted by molar-refractivity contribution is -0.140. The van der Waals surface area contributed by atoms with Gasteiger partial charge in [-0.1, -0.05) is 0 Å². The number of hydrogen-bond donors (Lipinski definition) is 1. The number of anilines is 1. The summed E-state index contributed by atoms with van der Waals surface area (Å²) in [5.41, 5.74) is 1.04. The van der Waals surface area contributed by atoms with Crippen molar-refractivity contribution in [1.82, 2.24) is 9.97 Å². The minimum atomic E-state index is -0.269. The third-order valence-corrected chi connectivity index (χ3v) is 2.64. The fourth-order valence-electron chi connectivity index (χ4n) is 1.60.